The highest BCUT2D eigenvalue weighted by Gasteiger charge is 2.25. The van der Waals surface area contributed by atoms with Crippen LogP contribution in [0.25, 0.3) is 33.1 Å². The molecule has 0 radical (unpaired) electrons. The SMILES string of the molecule is COCc1nc2c(C#N)nc3cc(-c4c(C)noc4C)c(OC)cc3c2n1C(C)c1ccccc1. The largest absolute Gasteiger partial charge is 0.496 e. The number of aromatic nitrogens is 4. The van der Waals surface area contributed by atoms with Crippen LogP contribution in [0.3, 0.4) is 0 Å². The van der Waals surface area contributed by atoms with Gasteiger partial charge in [0.1, 0.15) is 35.5 Å². The Morgan fingerprint density at radius 2 is 1.89 bits per heavy atom. The van der Waals surface area contributed by atoms with Gasteiger partial charge in [-0.1, -0.05) is 35.5 Å². The van der Waals surface area contributed by atoms with Gasteiger partial charge >= 0.3 is 0 Å². The van der Waals surface area contributed by atoms with E-state index in [1.54, 1.807) is 14.2 Å². The molecule has 1 atom stereocenters. The van der Waals surface area contributed by atoms with E-state index in [9.17, 15) is 5.26 Å². The van der Waals surface area contributed by atoms with Crippen molar-refractivity contribution in [1.82, 2.24) is 19.7 Å². The second-order valence-corrected chi connectivity index (χ2v) is 8.46. The maximum atomic E-state index is 9.98. The summed E-state index contributed by atoms with van der Waals surface area (Å²) in [5.74, 6) is 2.07. The van der Waals surface area contributed by atoms with Gasteiger partial charge in [-0.25, -0.2) is 9.97 Å². The molecule has 35 heavy (non-hydrogen) atoms. The Kier molecular flexibility index (Phi) is 5.71. The first-order valence-corrected chi connectivity index (χ1v) is 11.3. The van der Waals surface area contributed by atoms with Gasteiger partial charge in [-0.2, -0.15) is 5.26 Å². The number of imidazole rings is 1. The first kappa shape index (κ1) is 22.6. The molecule has 2 aromatic carbocycles. The highest BCUT2D eigenvalue weighted by Crippen LogP contribution is 2.40. The smallest absolute Gasteiger partial charge is 0.169 e. The number of hydrogen-bond donors (Lipinski definition) is 0. The molecule has 5 aromatic rings. The lowest BCUT2D eigenvalue weighted by Gasteiger charge is -2.19. The maximum absolute atomic E-state index is 9.98. The quantitative estimate of drug-likeness (QED) is 0.325. The lowest BCUT2D eigenvalue weighted by atomic mass is 9.99. The monoisotopic (exact) mass is 467 g/mol. The Balaban J connectivity index is 1.89. The standard InChI is InChI=1S/C27H25N5O3/c1-15-25(17(3)35-31-15)20-11-21-19(12-23(20)34-5)27-26(22(13-28)29-21)30-24(14-33-4)32(27)16(2)18-9-7-6-8-10-18/h6-12,16H,14H2,1-5H3. The van der Waals surface area contributed by atoms with Gasteiger partial charge in [-0.3, -0.25) is 0 Å². The molecule has 0 spiro atoms. The van der Waals surface area contributed by atoms with Gasteiger partial charge < -0.3 is 18.6 Å². The molecule has 0 fully saturated rings. The van der Waals surface area contributed by atoms with Crippen LogP contribution in [0.1, 0.15) is 41.5 Å². The van der Waals surface area contributed by atoms with E-state index in [0.29, 0.717) is 29.2 Å². The zero-order valence-corrected chi connectivity index (χ0v) is 20.3. The minimum absolute atomic E-state index is 0.0586. The number of aryl methyl sites for hydroxylation is 2. The predicted molar refractivity (Wildman–Crippen MR) is 132 cm³/mol. The summed E-state index contributed by atoms with van der Waals surface area (Å²) in [4.78, 5) is 9.50. The summed E-state index contributed by atoms with van der Waals surface area (Å²) < 4.78 is 18.8. The summed E-state index contributed by atoms with van der Waals surface area (Å²) in [5.41, 5.74) is 5.83. The number of pyridine rings is 1. The van der Waals surface area contributed by atoms with Crippen molar-refractivity contribution >= 4 is 21.9 Å². The third kappa shape index (κ3) is 3.61. The molecule has 0 bridgehead atoms. The lowest BCUT2D eigenvalue weighted by Crippen LogP contribution is -2.11. The molecule has 3 heterocycles. The fraction of sp³-hybridized carbons (Fsp3) is 0.259. The van der Waals surface area contributed by atoms with E-state index in [1.807, 2.05) is 44.2 Å². The Bertz CT molecular complexity index is 1580. The first-order chi connectivity index (χ1) is 17.0. The van der Waals surface area contributed by atoms with Gasteiger partial charge in [-0.15, -0.1) is 0 Å². The summed E-state index contributed by atoms with van der Waals surface area (Å²) in [6.45, 7) is 6.17. The van der Waals surface area contributed by atoms with Crippen molar-refractivity contribution in [1.29, 1.82) is 5.26 Å². The zero-order chi connectivity index (χ0) is 24.7. The van der Waals surface area contributed by atoms with Gasteiger partial charge in [0.05, 0.1) is 35.4 Å². The van der Waals surface area contributed by atoms with E-state index in [-0.39, 0.29) is 11.7 Å². The number of fused-ring (bicyclic) bond motifs is 3. The fourth-order valence-corrected chi connectivity index (χ4v) is 4.76. The van der Waals surface area contributed by atoms with Gasteiger partial charge in [0.25, 0.3) is 0 Å². The van der Waals surface area contributed by atoms with E-state index >= 15 is 0 Å². The molecular weight excluding hydrogens is 442 g/mol. The topological polar surface area (TPSA) is 99.0 Å². The summed E-state index contributed by atoms with van der Waals surface area (Å²) in [6, 6.07) is 16.3. The molecule has 5 rings (SSSR count). The molecule has 0 saturated carbocycles. The van der Waals surface area contributed by atoms with Gasteiger partial charge in [-0.05, 0) is 38.5 Å². The average molecular weight is 468 g/mol. The van der Waals surface area contributed by atoms with Crippen LogP contribution in [-0.4, -0.2) is 33.9 Å². The van der Waals surface area contributed by atoms with E-state index < -0.39 is 0 Å². The Hall–Kier alpha value is -4.22. The normalized spacial score (nSPS) is 12.2. The average Bonchev–Trinajstić information content (AvgIpc) is 3.42. The van der Waals surface area contributed by atoms with Crippen LogP contribution in [0.4, 0.5) is 0 Å². The molecule has 8 nitrogen and oxygen atoms in total. The number of rotatable bonds is 6. The Morgan fingerprint density at radius 1 is 1.11 bits per heavy atom. The van der Waals surface area contributed by atoms with E-state index in [0.717, 1.165) is 39.1 Å². The number of nitriles is 1. The number of methoxy groups -OCH3 is 2. The van der Waals surface area contributed by atoms with Crippen LogP contribution in [-0.2, 0) is 11.3 Å². The van der Waals surface area contributed by atoms with Crippen molar-refractivity contribution in [2.24, 2.45) is 0 Å². The van der Waals surface area contributed by atoms with Crippen LogP contribution in [0.2, 0.25) is 0 Å². The Morgan fingerprint density at radius 3 is 2.51 bits per heavy atom. The summed E-state index contributed by atoms with van der Waals surface area (Å²) in [5, 5.41) is 14.9. The molecule has 0 aliphatic carbocycles. The summed E-state index contributed by atoms with van der Waals surface area (Å²) in [7, 11) is 3.27. The van der Waals surface area contributed by atoms with Crippen molar-refractivity contribution in [3.8, 4) is 22.9 Å². The van der Waals surface area contributed by atoms with Crippen LogP contribution in [0, 0.1) is 25.2 Å². The minimum Gasteiger partial charge on any atom is -0.496 e. The molecule has 3 aromatic heterocycles. The molecule has 0 saturated heterocycles. The van der Waals surface area contributed by atoms with Crippen LogP contribution in [0.15, 0.2) is 47.0 Å². The summed E-state index contributed by atoms with van der Waals surface area (Å²) in [6.07, 6.45) is 0. The highest BCUT2D eigenvalue weighted by molar-refractivity contribution is 6.07. The second kappa shape index (κ2) is 8.85. The van der Waals surface area contributed by atoms with E-state index in [2.05, 4.69) is 39.8 Å². The number of hydrogen-bond acceptors (Lipinski definition) is 7. The zero-order valence-electron chi connectivity index (χ0n) is 20.3. The van der Waals surface area contributed by atoms with Crippen LogP contribution < -0.4 is 4.74 Å². The molecule has 0 aliphatic rings. The molecule has 0 N–H and O–H groups in total. The number of nitrogens with zero attached hydrogens (tertiary/aromatic N) is 5. The lowest BCUT2D eigenvalue weighted by molar-refractivity contribution is 0.174. The van der Waals surface area contributed by atoms with Crippen molar-refractivity contribution in [3.63, 3.8) is 0 Å². The molecule has 1 unspecified atom stereocenters. The third-order valence-electron chi connectivity index (χ3n) is 6.36. The van der Waals surface area contributed by atoms with Gasteiger partial charge in [0, 0.05) is 18.1 Å². The van der Waals surface area contributed by atoms with Crippen molar-refractivity contribution in [3.05, 3.63) is 71.0 Å². The number of benzene rings is 2. The molecule has 0 amide bonds. The third-order valence-corrected chi connectivity index (χ3v) is 6.36. The molecule has 176 valence electrons. The molecule has 0 aliphatic heterocycles. The molecule has 8 heteroatoms. The fourth-order valence-electron chi connectivity index (χ4n) is 4.76. The second-order valence-electron chi connectivity index (χ2n) is 8.46. The predicted octanol–water partition coefficient (Wildman–Crippen LogP) is 5.49. The van der Waals surface area contributed by atoms with Gasteiger partial charge in [0.2, 0.25) is 0 Å². The first-order valence-electron chi connectivity index (χ1n) is 11.3. The Labute approximate surface area is 202 Å². The molecular formula is C27H25N5O3. The summed E-state index contributed by atoms with van der Waals surface area (Å²) >= 11 is 0. The number of ether oxygens (including phenoxy) is 2. The maximum Gasteiger partial charge on any atom is 0.169 e. The van der Waals surface area contributed by atoms with Crippen LogP contribution >= 0.6 is 0 Å². The highest BCUT2D eigenvalue weighted by atomic mass is 16.5. The van der Waals surface area contributed by atoms with E-state index in [4.69, 9.17) is 19.0 Å². The van der Waals surface area contributed by atoms with Gasteiger partial charge in [0.15, 0.2) is 5.69 Å². The minimum atomic E-state index is -0.0586. The van der Waals surface area contributed by atoms with E-state index in [1.165, 1.54) is 0 Å². The van der Waals surface area contributed by atoms with Crippen LogP contribution in [0.5, 0.6) is 5.75 Å². The van der Waals surface area contributed by atoms with Crippen molar-refractivity contribution in [2.75, 3.05) is 14.2 Å². The van der Waals surface area contributed by atoms with Crippen molar-refractivity contribution in [2.45, 2.75) is 33.4 Å². The van der Waals surface area contributed by atoms with Crippen molar-refractivity contribution < 1.29 is 14.0 Å².